The van der Waals surface area contributed by atoms with Crippen molar-refractivity contribution in [2.75, 3.05) is 13.1 Å². The topological polar surface area (TPSA) is 132 Å². The Morgan fingerprint density at radius 2 is 2.03 bits per heavy atom. The van der Waals surface area contributed by atoms with Gasteiger partial charge in [-0.3, -0.25) is 14.9 Å². The van der Waals surface area contributed by atoms with Gasteiger partial charge in [-0.05, 0) is 50.3 Å². The van der Waals surface area contributed by atoms with Crippen LogP contribution in [0.1, 0.15) is 49.0 Å². The fraction of sp³-hybridized carbons (Fsp3) is 0.565. The number of rotatable bonds is 9. The Kier molecular flexibility index (Phi) is 7.35. The molecule has 9 heteroatoms. The Balaban J connectivity index is 1.41. The molecule has 1 saturated heterocycles. The lowest BCUT2D eigenvalue weighted by Crippen LogP contribution is -2.53. The van der Waals surface area contributed by atoms with Crippen LogP contribution in [0.5, 0.6) is 0 Å². The average Bonchev–Trinajstić information content (AvgIpc) is 3.48. The number of nitrogens with two attached hydrogens (primary N) is 1. The van der Waals surface area contributed by atoms with E-state index in [9.17, 15) is 14.7 Å². The summed E-state index contributed by atoms with van der Waals surface area (Å²) in [5.41, 5.74) is 6.99. The van der Waals surface area contributed by atoms with Gasteiger partial charge < -0.3 is 26.5 Å². The molecule has 2 amide bonds. The fourth-order valence-electron chi connectivity index (χ4n) is 4.46. The maximum atomic E-state index is 13.1. The lowest BCUT2D eigenvalue weighted by Gasteiger charge is -2.32. The van der Waals surface area contributed by atoms with Crippen LogP contribution in [0.15, 0.2) is 24.3 Å². The second-order valence-corrected chi connectivity index (χ2v) is 9.48. The summed E-state index contributed by atoms with van der Waals surface area (Å²) in [4.78, 5) is 29.1. The molecular formula is C23H32ClN5O3. The lowest BCUT2D eigenvalue weighted by molar-refractivity contribution is -0.124. The second kappa shape index (κ2) is 10.2. The molecule has 0 unspecified atom stereocenters. The normalized spacial score (nSPS) is 23.0. The molecule has 7 N–H and O–H groups in total. The predicted octanol–water partition coefficient (Wildman–Crippen LogP) is 1.87. The van der Waals surface area contributed by atoms with Gasteiger partial charge in [-0.25, -0.2) is 0 Å². The van der Waals surface area contributed by atoms with Crippen molar-refractivity contribution in [2.24, 2.45) is 17.6 Å². The van der Waals surface area contributed by atoms with Crippen LogP contribution in [0.4, 0.5) is 0 Å². The van der Waals surface area contributed by atoms with Gasteiger partial charge in [-0.2, -0.15) is 0 Å². The fourth-order valence-corrected chi connectivity index (χ4v) is 4.69. The molecule has 1 aromatic heterocycles. The first kappa shape index (κ1) is 23.0. The number of hydrogen-bond acceptors (Lipinski definition) is 5. The number of benzene rings is 1. The molecule has 1 saturated carbocycles. The molecule has 32 heavy (non-hydrogen) atoms. The highest BCUT2D eigenvalue weighted by Gasteiger charge is 2.33. The van der Waals surface area contributed by atoms with E-state index in [-0.39, 0.29) is 30.3 Å². The highest BCUT2D eigenvalue weighted by Crippen LogP contribution is 2.34. The Hall–Kier alpha value is -2.13. The van der Waals surface area contributed by atoms with E-state index in [1.54, 1.807) is 12.1 Å². The molecule has 2 heterocycles. The monoisotopic (exact) mass is 461 g/mol. The van der Waals surface area contributed by atoms with E-state index in [4.69, 9.17) is 17.3 Å². The molecule has 2 aromatic rings. The first-order valence-electron chi connectivity index (χ1n) is 11.4. The minimum absolute atomic E-state index is 0.0465. The number of hydrogen-bond donors (Lipinski definition) is 6. The number of aromatic amines is 1. The van der Waals surface area contributed by atoms with E-state index in [0.29, 0.717) is 35.0 Å². The standard InChI is InChI=1S/C23H32ClN5O3/c24-17-5-1-3-14-11-19(28-20(14)17)23(32)29-18(9-13-6-7-13)22(31)27-16(12-25)10-15-4-2-8-26-21(15)30/h1,3,5,11,13,15-16,18,21,26,28,30H,2,4,6-10,12,25H2,(H,27,31)(H,29,32)/t15-,16-,18-,21+/m0/s1. The van der Waals surface area contributed by atoms with E-state index in [0.717, 1.165) is 37.6 Å². The van der Waals surface area contributed by atoms with Crippen LogP contribution >= 0.6 is 11.6 Å². The van der Waals surface area contributed by atoms with Crippen LogP contribution in [0.2, 0.25) is 5.02 Å². The third-order valence-electron chi connectivity index (χ3n) is 6.51. The van der Waals surface area contributed by atoms with Crippen molar-refractivity contribution in [3.63, 3.8) is 0 Å². The zero-order valence-corrected chi connectivity index (χ0v) is 18.8. The first-order chi connectivity index (χ1) is 15.4. The molecule has 1 aliphatic carbocycles. The van der Waals surface area contributed by atoms with E-state index >= 15 is 0 Å². The lowest BCUT2D eigenvalue weighted by atomic mass is 9.90. The number of amides is 2. The minimum Gasteiger partial charge on any atom is -0.378 e. The highest BCUT2D eigenvalue weighted by molar-refractivity contribution is 6.35. The molecule has 2 fully saturated rings. The summed E-state index contributed by atoms with van der Waals surface area (Å²) in [6.45, 7) is 1.07. The third kappa shape index (κ3) is 5.61. The van der Waals surface area contributed by atoms with Gasteiger partial charge in [-0.1, -0.05) is 36.6 Å². The Morgan fingerprint density at radius 1 is 1.22 bits per heavy atom. The SMILES string of the molecule is NC[C@H](C[C@@H]1CCCN[C@@H]1O)NC(=O)[C@H](CC1CC1)NC(=O)c1cc2cccc(Cl)c2[nH]1. The average molecular weight is 462 g/mol. The smallest absolute Gasteiger partial charge is 0.268 e. The van der Waals surface area contributed by atoms with Gasteiger partial charge in [0, 0.05) is 23.9 Å². The number of carbonyl (C=O) groups excluding carboxylic acids is 2. The summed E-state index contributed by atoms with van der Waals surface area (Å²) < 4.78 is 0. The summed E-state index contributed by atoms with van der Waals surface area (Å²) in [6.07, 6.45) is 4.65. The zero-order valence-electron chi connectivity index (χ0n) is 18.1. The number of aliphatic hydroxyl groups is 1. The van der Waals surface area contributed by atoms with Crippen LogP contribution in [0.3, 0.4) is 0 Å². The van der Waals surface area contributed by atoms with Crippen molar-refractivity contribution in [1.29, 1.82) is 0 Å². The number of nitrogens with one attached hydrogen (secondary N) is 4. The Morgan fingerprint density at radius 3 is 2.72 bits per heavy atom. The Bertz CT molecular complexity index is 960. The number of piperidine rings is 1. The summed E-state index contributed by atoms with van der Waals surface area (Å²) in [6, 6.07) is 6.31. The van der Waals surface area contributed by atoms with Gasteiger partial charge in [0.05, 0.1) is 10.5 Å². The zero-order chi connectivity index (χ0) is 22.7. The van der Waals surface area contributed by atoms with Crippen LogP contribution in [0.25, 0.3) is 10.9 Å². The molecule has 0 spiro atoms. The largest absolute Gasteiger partial charge is 0.378 e. The quantitative estimate of drug-likeness (QED) is 0.339. The van der Waals surface area contributed by atoms with E-state index < -0.39 is 12.3 Å². The van der Waals surface area contributed by atoms with Crippen LogP contribution < -0.4 is 21.7 Å². The molecule has 4 rings (SSSR count). The molecule has 4 atom stereocenters. The number of fused-ring (bicyclic) bond motifs is 1. The maximum absolute atomic E-state index is 13.1. The van der Waals surface area contributed by atoms with Gasteiger partial charge >= 0.3 is 0 Å². The molecule has 1 aliphatic heterocycles. The van der Waals surface area contributed by atoms with Gasteiger partial charge in [0.1, 0.15) is 18.0 Å². The number of carbonyl (C=O) groups is 2. The minimum atomic E-state index is -0.639. The summed E-state index contributed by atoms with van der Waals surface area (Å²) in [5.74, 6) is -0.0727. The summed E-state index contributed by atoms with van der Waals surface area (Å²) in [5, 5.41) is 20.5. The van der Waals surface area contributed by atoms with E-state index in [1.165, 1.54) is 0 Å². The highest BCUT2D eigenvalue weighted by atomic mass is 35.5. The van der Waals surface area contributed by atoms with Crippen LogP contribution in [0, 0.1) is 11.8 Å². The molecular weight excluding hydrogens is 430 g/mol. The van der Waals surface area contributed by atoms with Crippen LogP contribution in [-0.4, -0.2) is 53.3 Å². The Labute approximate surface area is 192 Å². The number of aliphatic hydroxyl groups excluding tert-OH is 1. The predicted molar refractivity (Wildman–Crippen MR) is 124 cm³/mol. The number of para-hydroxylation sites is 1. The molecule has 0 bridgehead atoms. The van der Waals surface area contributed by atoms with Crippen LogP contribution in [-0.2, 0) is 4.79 Å². The third-order valence-corrected chi connectivity index (χ3v) is 6.82. The van der Waals surface area contributed by atoms with Crippen molar-refractivity contribution < 1.29 is 14.7 Å². The van der Waals surface area contributed by atoms with Crippen molar-refractivity contribution in [3.05, 3.63) is 35.0 Å². The van der Waals surface area contributed by atoms with E-state index in [2.05, 4.69) is 20.9 Å². The van der Waals surface area contributed by atoms with Crippen molar-refractivity contribution >= 4 is 34.3 Å². The molecule has 2 aliphatic rings. The number of H-pyrrole nitrogens is 1. The maximum Gasteiger partial charge on any atom is 0.268 e. The first-order valence-corrected chi connectivity index (χ1v) is 11.8. The van der Waals surface area contributed by atoms with Gasteiger partial charge in [-0.15, -0.1) is 0 Å². The van der Waals surface area contributed by atoms with Crippen molar-refractivity contribution in [2.45, 2.75) is 56.8 Å². The molecule has 174 valence electrons. The molecule has 1 aromatic carbocycles. The van der Waals surface area contributed by atoms with Crippen molar-refractivity contribution in [1.82, 2.24) is 20.9 Å². The number of aromatic nitrogens is 1. The van der Waals surface area contributed by atoms with Gasteiger partial charge in [0.2, 0.25) is 5.91 Å². The second-order valence-electron chi connectivity index (χ2n) is 9.07. The molecule has 0 radical (unpaired) electrons. The van der Waals surface area contributed by atoms with Gasteiger partial charge in [0.25, 0.3) is 5.91 Å². The van der Waals surface area contributed by atoms with Gasteiger partial charge in [0.15, 0.2) is 0 Å². The van der Waals surface area contributed by atoms with E-state index in [1.807, 2.05) is 12.1 Å². The molecule has 8 nitrogen and oxygen atoms in total. The number of halogens is 1. The summed E-state index contributed by atoms with van der Waals surface area (Å²) in [7, 11) is 0. The van der Waals surface area contributed by atoms with Crippen molar-refractivity contribution in [3.8, 4) is 0 Å². The summed E-state index contributed by atoms with van der Waals surface area (Å²) >= 11 is 6.21.